The molecule has 8 heteroatoms. The Hall–Kier alpha value is 0.600. The van der Waals surface area contributed by atoms with Gasteiger partial charge in [0.25, 0.3) is 0 Å². The van der Waals surface area contributed by atoms with Crippen molar-refractivity contribution in [1.29, 1.82) is 0 Å². The van der Waals surface area contributed by atoms with E-state index in [0.717, 1.165) is 0 Å². The Morgan fingerprint density at radius 3 is 2.00 bits per heavy atom. The summed E-state index contributed by atoms with van der Waals surface area (Å²) in [6.07, 6.45) is 1.60. The molecule has 3 nitrogen and oxygen atoms in total. The number of aromatic nitrogens is 2. The van der Waals surface area contributed by atoms with Crippen molar-refractivity contribution < 1.29 is 4.57 Å². The van der Waals surface area contributed by atoms with Crippen LogP contribution in [-0.2, 0) is 4.57 Å². The van der Waals surface area contributed by atoms with E-state index in [1.807, 2.05) is 0 Å². The third kappa shape index (κ3) is 13.6. The number of halogens is 4. The molecule has 1 N–H and O–H groups in total. The fourth-order valence-electron chi connectivity index (χ4n) is 0.239. The first-order chi connectivity index (χ1) is 4.89. The fourth-order valence-corrected chi connectivity index (χ4v) is 0.344. The Kier molecular flexibility index (Phi) is 5.57. The van der Waals surface area contributed by atoms with E-state index < -0.39 is 5.20 Å². The predicted octanol–water partition coefficient (Wildman–Crippen LogP) is 3.87. The van der Waals surface area contributed by atoms with Crippen LogP contribution in [0.15, 0.2) is 12.3 Å². The van der Waals surface area contributed by atoms with Gasteiger partial charge in [0, 0.05) is 0 Å². The highest BCUT2D eigenvalue weighted by Crippen LogP contribution is 2.61. The summed E-state index contributed by atoms with van der Waals surface area (Å²) in [6, 6.07) is 1.68. The number of rotatable bonds is 0. The Labute approximate surface area is 82.7 Å². The van der Waals surface area contributed by atoms with E-state index in [0.29, 0.717) is 5.15 Å². The summed E-state index contributed by atoms with van der Waals surface area (Å²) in [5.41, 5.74) is 0. The van der Waals surface area contributed by atoms with Gasteiger partial charge in [-0.3, -0.25) is 9.66 Å². The minimum atomic E-state index is -3.22. The van der Waals surface area contributed by atoms with Crippen molar-refractivity contribution >= 4 is 50.5 Å². The number of hydrogen-bond donors (Lipinski definition) is 1. The van der Waals surface area contributed by atoms with E-state index in [-0.39, 0.29) is 0 Å². The summed E-state index contributed by atoms with van der Waals surface area (Å²) in [5.74, 6) is 0. The van der Waals surface area contributed by atoms with Crippen molar-refractivity contribution in [3.63, 3.8) is 0 Å². The van der Waals surface area contributed by atoms with Crippen molar-refractivity contribution in [3.8, 4) is 0 Å². The van der Waals surface area contributed by atoms with Crippen molar-refractivity contribution in [1.82, 2.24) is 10.2 Å². The molecule has 1 heterocycles. The van der Waals surface area contributed by atoms with Crippen molar-refractivity contribution in [2.75, 3.05) is 0 Å². The third-order valence-corrected chi connectivity index (χ3v) is 0.677. The molecule has 0 aliphatic carbocycles. The van der Waals surface area contributed by atoms with Gasteiger partial charge in [-0.2, -0.15) is 5.10 Å². The summed E-state index contributed by atoms with van der Waals surface area (Å²) in [4.78, 5) is 0. The molecule has 0 bridgehead atoms. The Morgan fingerprint density at radius 1 is 1.45 bits per heavy atom. The maximum atomic E-state index is 9.51. The smallest absolute Gasteiger partial charge is 0.271 e. The molecular weight excluding hydrogens is 253 g/mol. The SMILES string of the molecule is Clc1ccn[nH]1.O=P(Cl)(Cl)Cl. The van der Waals surface area contributed by atoms with E-state index in [1.165, 1.54) is 0 Å². The molecule has 0 unspecified atom stereocenters. The molecule has 0 spiro atoms. The lowest BCUT2D eigenvalue weighted by Gasteiger charge is -1.74. The highest BCUT2D eigenvalue weighted by molar-refractivity contribution is 8.24. The van der Waals surface area contributed by atoms with E-state index in [2.05, 4.69) is 43.9 Å². The highest BCUT2D eigenvalue weighted by Gasteiger charge is 2.02. The summed E-state index contributed by atoms with van der Waals surface area (Å²) in [7, 11) is 0. The molecule has 0 saturated heterocycles. The first-order valence-electron chi connectivity index (χ1n) is 2.23. The number of H-pyrrole nitrogens is 1. The van der Waals surface area contributed by atoms with Crippen LogP contribution in [0.2, 0.25) is 5.15 Å². The van der Waals surface area contributed by atoms with Gasteiger partial charge in [-0.25, -0.2) is 0 Å². The van der Waals surface area contributed by atoms with Crippen molar-refractivity contribution in [2.24, 2.45) is 0 Å². The quantitative estimate of drug-likeness (QED) is 0.716. The van der Waals surface area contributed by atoms with Crippen LogP contribution in [0.1, 0.15) is 0 Å². The van der Waals surface area contributed by atoms with Gasteiger partial charge in [0.2, 0.25) is 0 Å². The van der Waals surface area contributed by atoms with Crippen LogP contribution < -0.4 is 0 Å². The predicted molar refractivity (Wildman–Crippen MR) is 48.8 cm³/mol. The molecule has 0 amide bonds. The normalized spacial score (nSPS) is 10.2. The van der Waals surface area contributed by atoms with Crippen LogP contribution in [0, 0.1) is 0 Å². The lowest BCUT2D eigenvalue weighted by atomic mass is 10.8. The second-order valence-electron chi connectivity index (χ2n) is 1.30. The topological polar surface area (TPSA) is 45.8 Å². The van der Waals surface area contributed by atoms with Gasteiger partial charge < -0.3 is 0 Å². The van der Waals surface area contributed by atoms with Gasteiger partial charge in [-0.15, -0.1) is 0 Å². The molecule has 1 aromatic heterocycles. The molecule has 1 rings (SSSR count). The number of nitrogens with one attached hydrogen (secondary N) is 1. The maximum Gasteiger partial charge on any atom is 0.339 e. The zero-order valence-corrected chi connectivity index (χ0v) is 8.89. The molecule has 11 heavy (non-hydrogen) atoms. The highest BCUT2D eigenvalue weighted by atomic mass is 36.0. The molecule has 0 aliphatic heterocycles. The van der Waals surface area contributed by atoms with Crippen molar-refractivity contribution in [3.05, 3.63) is 17.4 Å². The lowest BCUT2D eigenvalue weighted by Crippen LogP contribution is -1.58. The molecule has 0 atom stereocenters. The zero-order valence-electron chi connectivity index (χ0n) is 4.97. The van der Waals surface area contributed by atoms with Gasteiger partial charge in [-0.1, -0.05) is 11.6 Å². The van der Waals surface area contributed by atoms with Crippen LogP contribution >= 0.6 is 50.5 Å². The van der Waals surface area contributed by atoms with Gasteiger partial charge in [0.05, 0.1) is 6.20 Å². The second-order valence-corrected chi connectivity index (χ2v) is 8.35. The number of hydrogen-bond acceptors (Lipinski definition) is 2. The standard InChI is InChI=1S/C3H3ClN2.Cl3OP/c4-3-1-2-5-6-3;1-5(2,3)4/h1-2H,(H,5,6);. The van der Waals surface area contributed by atoms with Crippen LogP contribution in [0.25, 0.3) is 0 Å². The van der Waals surface area contributed by atoms with Crippen molar-refractivity contribution in [2.45, 2.75) is 0 Å². The molecule has 1 aromatic rings. The molecule has 0 radical (unpaired) electrons. The monoisotopic (exact) mass is 254 g/mol. The summed E-state index contributed by atoms with van der Waals surface area (Å²) >= 11 is 19.2. The van der Waals surface area contributed by atoms with E-state index in [1.54, 1.807) is 12.3 Å². The summed E-state index contributed by atoms with van der Waals surface area (Å²) in [5, 5.41) is 3.44. The molecule has 64 valence electrons. The van der Waals surface area contributed by atoms with E-state index in [9.17, 15) is 4.57 Å². The van der Waals surface area contributed by atoms with Crippen LogP contribution in [0.4, 0.5) is 0 Å². The average Bonchev–Trinajstić information content (AvgIpc) is 2.12. The lowest BCUT2D eigenvalue weighted by molar-refractivity contribution is 0.600. The largest absolute Gasteiger partial charge is 0.339 e. The summed E-state index contributed by atoms with van der Waals surface area (Å²) < 4.78 is 9.51. The fraction of sp³-hybridized carbons (Fsp3) is 0. The zero-order chi connectivity index (χ0) is 8.91. The summed E-state index contributed by atoms with van der Waals surface area (Å²) in [6.45, 7) is 0. The first kappa shape index (κ1) is 11.6. The number of aromatic amines is 1. The molecule has 0 saturated carbocycles. The Morgan fingerprint density at radius 2 is 1.91 bits per heavy atom. The Balaban J connectivity index is 0.000000187. The van der Waals surface area contributed by atoms with Gasteiger partial charge in [-0.05, 0) is 39.8 Å². The molecule has 0 aliphatic rings. The average molecular weight is 256 g/mol. The van der Waals surface area contributed by atoms with Crippen LogP contribution in [-0.4, -0.2) is 10.2 Å². The molecule has 0 fully saturated rings. The van der Waals surface area contributed by atoms with Gasteiger partial charge in [0.15, 0.2) is 0 Å². The maximum absolute atomic E-state index is 9.51. The number of nitrogens with zero attached hydrogens (tertiary/aromatic N) is 1. The van der Waals surface area contributed by atoms with E-state index in [4.69, 9.17) is 11.6 Å². The van der Waals surface area contributed by atoms with Crippen LogP contribution in [0.3, 0.4) is 0 Å². The Bertz CT molecular complexity index is 223. The molecule has 0 aromatic carbocycles. The van der Waals surface area contributed by atoms with Gasteiger partial charge in [0.1, 0.15) is 5.15 Å². The van der Waals surface area contributed by atoms with E-state index >= 15 is 0 Å². The van der Waals surface area contributed by atoms with Crippen LogP contribution in [0.5, 0.6) is 0 Å². The second kappa shape index (κ2) is 5.28. The molecular formula is C3H3Cl4N2OP. The third-order valence-electron chi connectivity index (χ3n) is 0.467. The van der Waals surface area contributed by atoms with Gasteiger partial charge >= 0.3 is 5.20 Å². The minimum Gasteiger partial charge on any atom is -0.271 e. The first-order valence-corrected chi connectivity index (χ1v) is 7.03. The minimum absolute atomic E-state index is 0.579.